The molecule has 7 heteroatoms. The van der Waals surface area contributed by atoms with Crippen LogP contribution in [0.15, 0.2) is 76.6 Å². The van der Waals surface area contributed by atoms with Gasteiger partial charge in [-0.05, 0) is 31.0 Å². The zero-order valence-electron chi connectivity index (χ0n) is 16.9. The van der Waals surface area contributed by atoms with Crippen molar-refractivity contribution < 1.29 is 4.74 Å². The number of aryl methyl sites for hydroxylation is 1. The number of rotatable bonds is 8. The van der Waals surface area contributed by atoms with Gasteiger partial charge in [0.25, 0.3) is 5.56 Å². The van der Waals surface area contributed by atoms with Gasteiger partial charge < -0.3 is 9.30 Å². The van der Waals surface area contributed by atoms with Crippen LogP contribution in [0.2, 0.25) is 0 Å². The second-order valence-electron chi connectivity index (χ2n) is 7.03. The number of benzene rings is 2. The number of ether oxygens (including phenoxy) is 1. The highest BCUT2D eigenvalue weighted by Gasteiger charge is 2.17. The molecule has 154 valence electrons. The molecule has 4 aromatic rings. The highest BCUT2D eigenvalue weighted by atomic mass is 16.5. The number of imidazole rings is 1. The predicted molar refractivity (Wildman–Crippen MR) is 116 cm³/mol. The first-order valence-electron chi connectivity index (χ1n) is 10.1. The van der Waals surface area contributed by atoms with Crippen molar-refractivity contribution in [3.63, 3.8) is 0 Å². The first-order chi connectivity index (χ1) is 14.7. The summed E-state index contributed by atoms with van der Waals surface area (Å²) in [6.45, 7) is 3.61. The van der Waals surface area contributed by atoms with E-state index in [1.54, 1.807) is 15.5 Å². The Morgan fingerprint density at radius 1 is 0.933 bits per heavy atom. The van der Waals surface area contributed by atoms with Gasteiger partial charge in [0.15, 0.2) is 11.2 Å². The molecule has 2 aromatic carbocycles. The van der Waals surface area contributed by atoms with E-state index in [2.05, 4.69) is 4.98 Å². The summed E-state index contributed by atoms with van der Waals surface area (Å²) in [4.78, 5) is 30.7. The quantitative estimate of drug-likeness (QED) is 0.424. The van der Waals surface area contributed by atoms with Gasteiger partial charge in [-0.2, -0.15) is 0 Å². The number of aromatic nitrogens is 4. The van der Waals surface area contributed by atoms with E-state index in [0.717, 1.165) is 11.3 Å². The second kappa shape index (κ2) is 8.82. The Hall–Kier alpha value is -3.61. The molecule has 0 aliphatic rings. The van der Waals surface area contributed by atoms with Gasteiger partial charge >= 0.3 is 5.69 Å². The Morgan fingerprint density at radius 2 is 1.63 bits per heavy atom. The van der Waals surface area contributed by atoms with Gasteiger partial charge in [-0.1, -0.05) is 48.5 Å². The molecule has 0 saturated carbocycles. The van der Waals surface area contributed by atoms with Crippen molar-refractivity contribution in [2.45, 2.75) is 33.0 Å². The molecule has 2 heterocycles. The van der Waals surface area contributed by atoms with E-state index in [1.807, 2.05) is 67.6 Å². The van der Waals surface area contributed by atoms with Crippen LogP contribution in [-0.4, -0.2) is 25.3 Å². The molecule has 4 rings (SSSR count). The molecule has 0 atom stereocenters. The highest BCUT2D eigenvalue weighted by Crippen LogP contribution is 2.11. The van der Waals surface area contributed by atoms with Crippen molar-refractivity contribution in [1.82, 2.24) is 18.7 Å². The third-order valence-electron chi connectivity index (χ3n) is 5.05. The minimum absolute atomic E-state index is 0.282. The molecule has 7 nitrogen and oxygen atoms in total. The lowest BCUT2D eigenvalue weighted by Gasteiger charge is -2.13. The van der Waals surface area contributed by atoms with Crippen molar-refractivity contribution >= 4 is 11.2 Å². The van der Waals surface area contributed by atoms with Crippen LogP contribution in [0, 0.1) is 0 Å². The standard InChI is InChI=1S/C23H24N4O3/c1-2-25-17-24-21-20(25)22(28)26(14-9-15-30-19-12-7-4-8-13-19)23(29)27(21)16-18-10-5-3-6-11-18/h3-8,10-13,17H,2,9,14-16H2,1H3. The summed E-state index contributed by atoms with van der Waals surface area (Å²) in [5.74, 6) is 0.769. The van der Waals surface area contributed by atoms with Gasteiger partial charge in [-0.25, -0.2) is 9.78 Å². The molecule has 0 bridgehead atoms. The minimum Gasteiger partial charge on any atom is -0.494 e. The lowest BCUT2D eigenvalue weighted by molar-refractivity contribution is 0.299. The van der Waals surface area contributed by atoms with E-state index in [-0.39, 0.29) is 17.8 Å². The van der Waals surface area contributed by atoms with Gasteiger partial charge in [-0.3, -0.25) is 13.9 Å². The lowest BCUT2D eigenvalue weighted by atomic mass is 10.2. The Labute approximate surface area is 173 Å². The largest absolute Gasteiger partial charge is 0.494 e. The van der Waals surface area contributed by atoms with Crippen LogP contribution in [0.25, 0.3) is 11.2 Å². The number of fused-ring (bicyclic) bond motifs is 1. The molecule has 0 unspecified atom stereocenters. The van der Waals surface area contributed by atoms with E-state index in [0.29, 0.717) is 37.3 Å². The zero-order valence-corrected chi connectivity index (χ0v) is 16.9. The molecule has 0 radical (unpaired) electrons. The molecule has 0 N–H and O–H groups in total. The Balaban J connectivity index is 1.66. The van der Waals surface area contributed by atoms with Crippen molar-refractivity contribution in [1.29, 1.82) is 0 Å². The van der Waals surface area contributed by atoms with Gasteiger partial charge in [0.05, 0.1) is 19.5 Å². The second-order valence-corrected chi connectivity index (χ2v) is 7.03. The molecule has 0 spiro atoms. The van der Waals surface area contributed by atoms with Crippen LogP contribution < -0.4 is 16.0 Å². The predicted octanol–water partition coefficient (Wildman–Crippen LogP) is 2.90. The monoisotopic (exact) mass is 404 g/mol. The summed E-state index contributed by atoms with van der Waals surface area (Å²) >= 11 is 0. The fraction of sp³-hybridized carbons (Fsp3) is 0.261. The molecule has 2 aromatic heterocycles. The third-order valence-corrected chi connectivity index (χ3v) is 5.05. The van der Waals surface area contributed by atoms with E-state index in [1.165, 1.54) is 4.57 Å². The molecular weight excluding hydrogens is 380 g/mol. The number of para-hydroxylation sites is 1. The van der Waals surface area contributed by atoms with Crippen molar-refractivity contribution in [2.75, 3.05) is 6.61 Å². The summed E-state index contributed by atoms with van der Waals surface area (Å²) in [5, 5.41) is 0. The summed E-state index contributed by atoms with van der Waals surface area (Å²) in [6, 6.07) is 19.2. The van der Waals surface area contributed by atoms with E-state index >= 15 is 0 Å². The maximum Gasteiger partial charge on any atom is 0.333 e. The number of nitrogens with zero attached hydrogens (tertiary/aromatic N) is 4. The fourth-order valence-electron chi connectivity index (χ4n) is 3.51. The van der Waals surface area contributed by atoms with Gasteiger partial charge in [0.2, 0.25) is 0 Å². The molecule has 0 aliphatic carbocycles. The SMILES string of the molecule is CCn1cnc2c1c(=O)n(CCCOc1ccccc1)c(=O)n2Cc1ccccc1. The topological polar surface area (TPSA) is 71.1 Å². The van der Waals surface area contributed by atoms with Crippen molar-refractivity contribution in [3.8, 4) is 5.75 Å². The maximum absolute atomic E-state index is 13.2. The van der Waals surface area contributed by atoms with Crippen LogP contribution in [0.3, 0.4) is 0 Å². The van der Waals surface area contributed by atoms with E-state index < -0.39 is 0 Å². The van der Waals surface area contributed by atoms with Gasteiger partial charge in [-0.15, -0.1) is 0 Å². The Morgan fingerprint density at radius 3 is 2.33 bits per heavy atom. The molecule has 0 fully saturated rings. The Bertz CT molecular complexity index is 1240. The molecule has 0 saturated heterocycles. The first-order valence-corrected chi connectivity index (χ1v) is 10.1. The summed E-state index contributed by atoms with van der Waals surface area (Å²) in [6.07, 6.45) is 2.16. The third kappa shape index (κ3) is 3.91. The van der Waals surface area contributed by atoms with Crippen LogP contribution >= 0.6 is 0 Å². The normalized spacial score (nSPS) is 11.1. The molecule has 30 heavy (non-hydrogen) atoms. The molecule has 0 aliphatic heterocycles. The average Bonchev–Trinajstić information content (AvgIpc) is 3.22. The minimum atomic E-state index is -0.350. The number of hydrogen-bond acceptors (Lipinski definition) is 4. The summed E-state index contributed by atoms with van der Waals surface area (Å²) in [5.41, 5.74) is 1.20. The van der Waals surface area contributed by atoms with Crippen LogP contribution in [0.1, 0.15) is 18.9 Å². The highest BCUT2D eigenvalue weighted by molar-refractivity contribution is 5.70. The van der Waals surface area contributed by atoms with Gasteiger partial charge in [0, 0.05) is 13.1 Å². The van der Waals surface area contributed by atoms with Crippen molar-refractivity contribution in [2.24, 2.45) is 0 Å². The first kappa shape index (κ1) is 19.7. The smallest absolute Gasteiger partial charge is 0.333 e. The Kier molecular flexibility index (Phi) is 5.79. The number of hydrogen-bond donors (Lipinski definition) is 0. The van der Waals surface area contributed by atoms with Crippen molar-refractivity contribution in [3.05, 3.63) is 93.4 Å². The van der Waals surface area contributed by atoms with Crippen LogP contribution in [-0.2, 0) is 19.6 Å². The molecular formula is C23H24N4O3. The fourth-order valence-corrected chi connectivity index (χ4v) is 3.51. The van der Waals surface area contributed by atoms with E-state index in [4.69, 9.17) is 4.74 Å². The van der Waals surface area contributed by atoms with Crippen LogP contribution in [0.4, 0.5) is 0 Å². The zero-order chi connectivity index (χ0) is 20.9. The molecule has 0 amide bonds. The van der Waals surface area contributed by atoms with E-state index in [9.17, 15) is 9.59 Å². The lowest BCUT2D eigenvalue weighted by Crippen LogP contribution is -2.41. The van der Waals surface area contributed by atoms with Crippen LogP contribution in [0.5, 0.6) is 5.75 Å². The summed E-state index contributed by atoms with van der Waals surface area (Å²) < 4.78 is 10.4. The summed E-state index contributed by atoms with van der Waals surface area (Å²) in [7, 11) is 0. The average molecular weight is 404 g/mol. The van der Waals surface area contributed by atoms with Gasteiger partial charge in [0.1, 0.15) is 5.75 Å². The maximum atomic E-state index is 13.2.